The van der Waals surface area contributed by atoms with Crippen LogP contribution in [-0.4, -0.2) is 22.9 Å². The van der Waals surface area contributed by atoms with Crippen LogP contribution in [0.4, 0.5) is 0 Å². The van der Waals surface area contributed by atoms with Crippen LogP contribution in [0.25, 0.3) is 0 Å². The summed E-state index contributed by atoms with van der Waals surface area (Å²) in [7, 11) is 0. The molecule has 2 nitrogen and oxygen atoms in total. The van der Waals surface area contributed by atoms with Gasteiger partial charge in [0.25, 0.3) is 0 Å². The Balaban J connectivity index is 3.21. The van der Waals surface area contributed by atoms with Crippen LogP contribution in [0.15, 0.2) is 0 Å². The molecule has 3 heteroatoms. The molecule has 0 aliphatic rings. The lowest BCUT2D eigenvalue weighted by Crippen LogP contribution is -2.09. The number of halogens is 1. The highest BCUT2D eigenvalue weighted by Crippen LogP contribution is 2.07. The van der Waals surface area contributed by atoms with Crippen molar-refractivity contribution in [2.45, 2.75) is 31.6 Å². The zero-order valence-electron chi connectivity index (χ0n) is 6.14. The van der Waals surface area contributed by atoms with Crippen molar-refractivity contribution in [1.29, 1.82) is 0 Å². The number of aliphatic hydroxyl groups excluding tert-OH is 1. The minimum atomic E-state index is -0.355. The summed E-state index contributed by atoms with van der Waals surface area (Å²) in [5.74, 6) is 0.0135. The fourth-order valence-electron chi connectivity index (χ4n) is 0.639. The maximum Gasteiger partial charge on any atom is 0.147 e. The largest absolute Gasteiger partial charge is 0.396 e. The van der Waals surface area contributed by atoms with Crippen molar-refractivity contribution in [3.8, 4) is 0 Å². The average molecular weight is 165 g/mol. The van der Waals surface area contributed by atoms with Gasteiger partial charge >= 0.3 is 0 Å². The minimum absolute atomic E-state index is 0.0135. The van der Waals surface area contributed by atoms with Crippen molar-refractivity contribution in [3.63, 3.8) is 0 Å². The van der Waals surface area contributed by atoms with E-state index in [0.29, 0.717) is 6.42 Å². The molecule has 60 valence electrons. The van der Waals surface area contributed by atoms with E-state index in [0.717, 1.165) is 12.8 Å². The highest BCUT2D eigenvalue weighted by atomic mass is 35.5. The smallest absolute Gasteiger partial charge is 0.147 e. The molecule has 0 aromatic rings. The normalized spacial score (nSPS) is 13.1. The first-order valence-corrected chi connectivity index (χ1v) is 3.87. The second-order valence-corrected chi connectivity index (χ2v) is 2.82. The number of unbranched alkanes of at least 4 members (excludes halogenated alkanes) is 1. The molecule has 0 amide bonds. The van der Waals surface area contributed by atoms with Crippen LogP contribution in [0.2, 0.25) is 0 Å². The monoisotopic (exact) mass is 164 g/mol. The maximum absolute atomic E-state index is 10.5. The quantitative estimate of drug-likeness (QED) is 0.492. The summed E-state index contributed by atoms with van der Waals surface area (Å²) in [6.07, 6.45) is 2.23. The van der Waals surface area contributed by atoms with E-state index in [9.17, 15) is 4.79 Å². The van der Waals surface area contributed by atoms with Gasteiger partial charge in [-0.05, 0) is 26.2 Å². The number of Topliss-reactive ketones (excluding diaryl/α,β-unsaturated/α-hetero) is 1. The molecule has 0 saturated carbocycles. The lowest BCUT2D eigenvalue weighted by atomic mass is 10.1. The van der Waals surface area contributed by atoms with Gasteiger partial charge in [-0.1, -0.05) is 0 Å². The summed E-state index contributed by atoms with van der Waals surface area (Å²) >= 11 is 5.62. The number of carbonyl (C=O) groups excluding carboxylic acids is 1. The molecule has 0 aliphatic heterocycles. The van der Waals surface area contributed by atoms with Gasteiger partial charge in [0.1, 0.15) is 5.78 Å². The molecule has 1 atom stereocenters. The van der Waals surface area contributed by atoms with Gasteiger partial charge in [-0.25, -0.2) is 0 Å². The van der Waals surface area contributed by atoms with Gasteiger partial charge in [0, 0.05) is 6.61 Å². The Hall–Kier alpha value is -0.0800. The fourth-order valence-corrected chi connectivity index (χ4v) is 0.793. The molecular weight excluding hydrogens is 152 g/mol. The van der Waals surface area contributed by atoms with Crippen molar-refractivity contribution in [1.82, 2.24) is 0 Å². The van der Waals surface area contributed by atoms with Crippen LogP contribution in [0.5, 0.6) is 0 Å². The van der Waals surface area contributed by atoms with Crippen molar-refractivity contribution < 1.29 is 9.90 Å². The summed E-state index contributed by atoms with van der Waals surface area (Å²) in [6, 6.07) is 0. The standard InChI is InChI=1S/C7H13ClO2/c1-6(10)7(8)4-2-3-5-9/h7,9H,2-5H2,1H3. The van der Waals surface area contributed by atoms with Crippen molar-refractivity contribution >= 4 is 17.4 Å². The molecule has 0 aromatic heterocycles. The second kappa shape index (κ2) is 5.69. The van der Waals surface area contributed by atoms with Crippen LogP contribution in [0.3, 0.4) is 0 Å². The molecule has 0 fully saturated rings. The van der Waals surface area contributed by atoms with Gasteiger partial charge in [0.05, 0.1) is 5.38 Å². The van der Waals surface area contributed by atoms with E-state index >= 15 is 0 Å². The number of ketones is 1. The first-order chi connectivity index (χ1) is 4.68. The van der Waals surface area contributed by atoms with E-state index < -0.39 is 0 Å². The predicted molar refractivity (Wildman–Crippen MR) is 41.3 cm³/mol. The third-order valence-electron chi connectivity index (χ3n) is 1.31. The third-order valence-corrected chi connectivity index (χ3v) is 1.83. The molecule has 1 unspecified atom stereocenters. The summed E-state index contributed by atoms with van der Waals surface area (Å²) in [6.45, 7) is 1.66. The molecule has 0 heterocycles. The molecule has 0 aliphatic carbocycles. The van der Waals surface area contributed by atoms with Crippen LogP contribution < -0.4 is 0 Å². The Bertz CT molecular complexity index is 104. The molecule has 0 aromatic carbocycles. The van der Waals surface area contributed by atoms with Crippen molar-refractivity contribution in [3.05, 3.63) is 0 Å². The first-order valence-electron chi connectivity index (χ1n) is 3.44. The SMILES string of the molecule is CC(=O)C(Cl)CCCCO. The minimum Gasteiger partial charge on any atom is -0.396 e. The van der Waals surface area contributed by atoms with Crippen LogP contribution in [0.1, 0.15) is 26.2 Å². The van der Waals surface area contributed by atoms with Crippen LogP contribution in [-0.2, 0) is 4.79 Å². The Morgan fingerprint density at radius 3 is 2.60 bits per heavy atom. The summed E-state index contributed by atoms with van der Waals surface area (Å²) in [5.41, 5.74) is 0. The zero-order valence-corrected chi connectivity index (χ0v) is 6.90. The van der Waals surface area contributed by atoms with Gasteiger partial charge in [-0.3, -0.25) is 4.79 Å². The lowest BCUT2D eigenvalue weighted by Gasteiger charge is -2.02. The van der Waals surface area contributed by atoms with Crippen molar-refractivity contribution in [2.75, 3.05) is 6.61 Å². The second-order valence-electron chi connectivity index (χ2n) is 2.30. The molecule has 0 bridgehead atoms. The van der Waals surface area contributed by atoms with E-state index in [1.807, 2.05) is 0 Å². The number of aliphatic hydroxyl groups is 1. The molecule has 0 radical (unpaired) electrons. The average Bonchev–Trinajstić information content (AvgIpc) is 1.88. The highest BCUT2D eigenvalue weighted by molar-refractivity contribution is 6.30. The molecular formula is C7H13ClO2. The molecule has 0 saturated heterocycles. The van der Waals surface area contributed by atoms with Gasteiger partial charge in [0.2, 0.25) is 0 Å². The lowest BCUT2D eigenvalue weighted by molar-refractivity contribution is -0.116. The number of rotatable bonds is 5. The zero-order chi connectivity index (χ0) is 7.98. The van der Waals surface area contributed by atoms with E-state index in [2.05, 4.69) is 0 Å². The first kappa shape index (κ1) is 9.92. The number of alkyl halides is 1. The predicted octanol–water partition coefficient (Wildman–Crippen LogP) is 1.35. The summed E-state index contributed by atoms with van der Waals surface area (Å²) < 4.78 is 0. The van der Waals surface area contributed by atoms with E-state index in [1.54, 1.807) is 0 Å². The van der Waals surface area contributed by atoms with E-state index in [4.69, 9.17) is 16.7 Å². The van der Waals surface area contributed by atoms with Gasteiger partial charge in [-0.15, -0.1) is 11.6 Å². The summed E-state index contributed by atoms with van der Waals surface area (Å²) in [4.78, 5) is 10.5. The summed E-state index contributed by atoms with van der Waals surface area (Å²) in [5, 5.41) is 8.03. The highest BCUT2D eigenvalue weighted by Gasteiger charge is 2.08. The topological polar surface area (TPSA) is 37.3 Å². The van der Waals surface area contributed by atoms with Gasteiger partial charge in [0.15, 0.2) is 0 Å². The third kappa shape index (κ3) is 4.77. The number of hydrogen-bond donors (Lipinski definition) is 1. The van der Waals surface area contributed by atoms with Crippen molar-refractivity contribution in [2.24, 2.45) is 0 Å². The van der Waals surface area contributed by atoms with E-state index in [1.165, 1.54) is 6.92 Å². The number of hydrogen-bond acceptors (Lipinski definition) is 2. The Morgan fingerprint density at radius 2 is 2.20 bits per heavy atom. The number of carbonyl (C=O) groups is 1. The Morgan fingerprint density at radius 1 is 1.60 bits per heavy atom. The van der Waals surface area contributed by atoms with Gasteiger partial charge < -0.3 is 5.11 Å². The maximum atomic E-state index is 10.5. The van der Waals surface area contributed by atoms with Gasteiger partial charge in [-0.2, -0.15) is 0 Å². The Kier molecular flexibility index (Phi) is 5.64. The molecule has 0 spiro atoms. The van der Waals surface area contributed by atoms with Crippen LogP contribution >= 0.6 is 11.6 Å². The fraction of sp³-hybridized carbons (Fsp3) is 0.857. The van der Waals surface area contributed by atoms with Crippen LogP contribution in [0, 0.1) is 0 Å². The van der Waals surface area contributed by atoms with E-state index in [-0.39, 0.29) is 17.8 Å². The molecule has 10 heavy (non-hydrogen) atoms. The molecule has 0 rings (SSSR count). The Labute approximate surface area is 66.2 Å². The molecule has 1 N–H and O–H groups in total.